The summed E-state index contributed by atoms with van der Waals surface area (Å²) in [6.07, 6.45) is 18.4. The van der Waals surface area contributed by atoms with Gasteiger partial charge in [0, 0.05) is 5.56 Å². The SMILES string of the molecule is CCCCCCCCCCCCCCCCOC(=O)C(CC(C)C)NC(=O)c1cccc(F)c1. The minimum absolute atomic E-state index is 0.202. The van der Waals surface area contributed by atoms with Gasteiger partial charge in [-0.05, 0) is 37.0 Å². The van der Waals surface area contributed by atoms with Gasteiger partial charge >= 0.3 is 5.97 Å². The molecule has 1 amide bonds. The number of benzene rings is 1. The summed E-state index contributed by atoms with van der Waals surface area (Å²) in [4.78, 5) is 25.0. The van der Waals surface area contributed by atoms with Gasteiger partial charge in [0.15, 0.2) is 0 Å². The Hall–Kier alpha value is -1.91. The number of unbranched alkanes of at least 4 members (excludes halogenated alkanes) is 13. The first-order valence-electron chi connectivity index (χ1n) is 13.7. The van der Waals surface area contributed by atoms with Gasteiger partial charge in [-0.25, -0.2) is 9.18 Å². The van der Waals surface area contributed by atoms with Crippen LogP contribution in [0.1, 0.15) is 127 Å². The van der Waals surface area contributed by atoms with Crippen LogP contribution in [0.4, 0.5) is 4.39 Å². The lowest BCUT2D eigenvalue weighted by Crippen LogP contribution is -2.42. The van der Waals surface area contributed by atoms with Crippen LogP contribution >= 0.6 is 0 Å². The molecular formula is C29H48FNO3. The van der Waals surface area contributed by atoms with Crippen molar-refractivity contribution in [3.05, 3.63) is 35.6 Å². The van der Waals surface area contributed by atoms with E-state index in [2.05, 4.69) is 12.2 Å². The van der Waals surface area contributed by atoms with E-state index in [9.17, 15) is 14.0 Å². The lowest BCUT2D eigenvalue weighted by molar-refractivity contribution is -0.146. The van der Waals surface area contributed by atoms with E-state index in [1.165, 1.54) is 101 Å². The van der Waals surface area contributed by atoms with Crippen LogP contribution in [0.3, 0.4) is 0 Å². The molecule has 0 aromatic heterocycles. The van der Waals surface area contributed by atoms with Crippen LogP contribution in [0, 0.1) is 11.7 Å². The maximum atomic E-state index is 13.4. The zero-order chi connectivity index (χ0) is 25.0. The predicted octanol–water partition coefficient (Wildman–Crippen LogP) is 7.99. The number of nitrogens with one attached hydrogen (secondary N) is 1. The number of carbonyl (C=O) groups excluding carboxylic acids is 2. The largest absolute Gasteiger partial charge is 0.464 e. The second-order valence-electron chi connectivity index (χ2n) is 9.93. The molecule has 1 N–H and O–H groups in total. The summed E-state index contributed by atoms with van der Waals surface area (Å²) in [5.74, 6) is -1.13. The van der Waals surface area contributed by atoms with Gasteiger partial charge in [-0.2, -0.15) is 0 Å². The molecule has 1 atom stereocenters. The Morgan fingerprint density at radius 3 is 1.88 bits per heavy atom. The van der Waals surface area contributed by atoms with E-state index in [1.54, 1.807) is 0 Å². The molecule has 0 radical (unpaired) electrons. The van der Waals surface area contributed by atoms with Crippen LogP contribution in [0.5, 0.6) is 0 Å². The fourth-order valence-corrected chi connectivity index (χ4v) is 4.13. The van der Waals surface area contributed by atoms with Gasteiger partial charge in [0.1, 0.15) is 11.9 Å². The van der Waals surface area contributed by atoms with Crippen molar-refractivity contribution >= 4 is 11.9 Å². The molecule has 0 fully saturated rings. The molecule has 0 aliphatic heterocycles. The molecule has 1 aromatic rings. The summed E-state index contributed by atoms with van der Waals surface area (Å²) in [5, 5.41) is 2.71. The molecule has 0 saturated heterocycles. The molecule has 34 heavy (non-hydrogen) atoms. The smallest absolute Gasteiger partial charge is 0.328 e. The molecule has 0 spiro atoms. The summed E-state index contributed by atoms with van der Waals surface area (Å²) >= 11 is 0. The molecule has 0 bridgehead atoms. The van der Waals surface area contributed by atoms with E-state index in [1.807, 2.05) is 13.8 Å². The number of hydrogen-bond donors (Lipinski definition) is 1. The minimum atomic E-state index is -0.720. The Bertz CT molecular complexity index is 677. The van der Waals surface area contributed by atoms with Crippen molar-refractivity contribution in [2.24, 2.45) is 5.92 Å². The predicted molar refractivity (Wildman–Crippen MR) is 138 cm³/mol. The molecule has 194 valence electrons. The summed E-state index contributed by atoms with van der Waals surface area (Å²) in [7, 11) is 0. The second kappa shape index (κ2) is 19.4. The highest BCUT2D eigenvalue weighted by Crippen LogP contribution is 2.14. The van der Waals surface area contributed by atoms with Gasteiger partial charge < -0.3 is 10.1 Å². The molecule has 0 heterocycles. The number of esters is 1. The lowest BCUT2D eigenvalue weighted by Gasteiger charge is -2.19. The van der Waals surface area contributed by atoms with Crippen LogP contribution in [0.15, 0.2) is 24.3 Å². The Balaban J connectivity index is 2.13. The normalized spacial score (nSPS) is 12.0. The molecule has 1 unspecified atom stereocenters. The third-order valence-electron chi connectivity index (χ3n) is 6.13. The van der Waals surface area contributed by atoms with E-state index in [0.29, 0.717) is 13.0 Å². The van der Waals surface area contributed by atoms with E-state index < -0.39 is 23.7 Å². The average Bonchev–Trinajstić information content (AvgIpc) is 2.80. The highest BCUT2D eigenvalue weighted by Gasteiger charge is 2.24. The Labute approximate surface area is 207 Å². The number of halogens is 1. The maximum Gasteiger partial charge on any atom is 0.328 e. The zero-order valence-electron chi connectivity index (χ0n) is 21.9. The monoisotopic (exact) mass is 477 g/mol. The van der Waals surface area contributed by atoms with Gasteiger partial charge in [0.05, 0.1) is 6.61 Å². The number of amides is 1. The van der Waals surface area contributed by atoms with Gasteiger partial charge in [-0.1, -0.05) is 110 Å². The molecule has 1 aromatic carbocycles. The van der Waals surface area contributed by atoms with Crippen molar-refractivity contribution in [3.8, 4) is 0 Å². The summed E-state index contributed by atoms with van der Waals surface area (Å²) in [6, 6.07) is 4.75. The molecule has 4 nitrogen and oxygen atoms in total. The van der Waals surface area contributed by atoms with Crippen LogP contribution in [-0.4, -0.2) is 24.5 Å². The molecule has 0 saturated carbocycles. The molecule has 1 rings (SSSR count). The molecular weight excluding hydrogens is 429 g/mol. The first-order valence-corrected chi connectivity index (χ1v) is 13.7. The summed E-state index contributed by atoms with van der Waals surface area (Å²) in [6.45, 7) is 6.61. The van der Waals surface area contributed by atoms with Crippen molar-refractivity contribution in [2.75, 3.05) is 6.61 Å². The van der Waals surface area contributed by atoms with Gasteiger partial charge in [0.25, 0.3) is 5.91 Å². The Kier molecular flexibility index (Phi) is 17.2. The average molecular weight is 478 g/mol. The van der Waals surface area contributed by atoms with Crippen molar-refractivity contribution in [1.82, 2.24) is 5.32 Å². The third-order valence-corrected chi connectivity index (χ3v) is 6.13. The second-order valence-corrected chi connectivity index (χ2v) is 9.93. The fourth-order valence-electron chi connectivity index (χ4n) is 4.13. The van der Waals surface area contributed by atoms with Crippen LogP contribution < -0.4 is 5.32 Å². The number of rotatable bonds is 20. The van der Waals surface area contributed by atoms with Crippen LogP contribution in [-0.2, 0) is 9.53 Å². The molecule has 5 heteroatoms. The topological polar surface area (TPSA) is 55.4 Å². The lowest BCUT2D eigenvalue weighted by atomic mass is 10.0. The maximum absolute atomic E-state index is 13.4. The Morgan fingerprint density at radius 2 is 1.38 bits per heavy atom. The van der Waals surface area contributed by atoms with Crippen molar-refractivity contribution in [3.63, 3.8) is 0 Å². The van der Waals surface area contributed by atoms with Crippen molar-refractivity contribution in [2.45, 2.75) is 123 Å². The number of ether oxygens (including phenoxy) is 1. The van der Waals surface area contributed by atoms with Gasteiger partial charge in [-0.3, -0.25) is 4.79 Å². The minimum Gasteiger partial charge on any atom is -0.464 e. The quantitative estimate of drug-likeness (QED) is 0.153. The molecule has 0 aliphatic carbocycles. The summed E-state index contributed by atoms with van der Waals surface area (Å²) in [5.41, 5.74) is 0.202. The summed E-state index contributed by atoms with van der Waals surface area (Å²) < 4.78 is 18.8. The van der Waals surface area contributed by atoms with E-state index in [4.69, 9.17) is 4.74 Å². The van der Waals surface area contributed by atoms with Crippen LogP contribution in [0.25, 0.3) is 0 Å². The van der Waals surface area contributed by atoms with Crippen molar-refractivity contribution < 1.29 is 18.7 Å². The van der Waals surface area contributed by atoms with Crippen molar-refractivity contribution in [1.29, 1.82) is 0 Å². The van der Waals surface area contributed by atoms with E-state index in [0.717, 1.165) is 12.8 Å². The highest BCUT2D eigenvalue weighted by atomic mass is 19.1. The first kappa shape index (κ1) is 30.1. The first-order chi connectivity index (χ1) is 16.4. The van der Waals surface area contributed by atoms with Gasteiger partial charge in [0.2, 0.25) is 0 Å². The zero-order valence-corrected chi connectivity index (χ0v) is 21.9. The Morgan fingerprint density at radius 1 is 0.853 bits per heavy atom. The van der Waals surface area contributed by atoms with Crippen LogP contribution in [0.2, 0.25) is 0 Å². The highest BCUT2D eigenvalue weighted by molar-refractivity contribution is 5.96. The van der Waals surface area contributed by atoms with E-state index in [-0.39, 0.29) is 11.5 Å². The fraction of sp³-hybridized carbons (Fsp3) is 0.724. The number of carbonyl (C=O) groups is 2. The van der Waals surface area contributed by atoms with Gasteiger partial charge in [-0.15, -0.1) is 0 Å². The van der Waals surface area contributed by atoms with E-state index >= 15 is 0 Å². The molecule has 0 aliphatic rings. The standard InChI is InChI=1S/C29H48FNO3/c1-4-5-6-7-8-9-10-11-12-13-14-15-16-17-21-34-29(33)27(22-24(2)3)31-28(32)25-19-18-20-26(30)23-25/h18-20,23-24,27H,4-17,21-22H2,1-3H3,(H,31,32). The number of hydrogen-bond acceptors (Lipinski definition) is 3. The third kappa shape index (κ3) is 15.1.